The first-order valence-electron chi connectivity index (χ1n) is 5.77. The van der Waals surface area contributed by atoms with Crippen molar-refractivity contribution in [3.63, 3.8) is 0 Å². The van der Waals surface area contributed by atoms with Gasteiger partial charge in [0.15, 0.2) is 0 Å². The first-order chi connectivity index (χ1) is 8.04. The molecular weight excluding hydrogens is 256 g/mol. The van der Waals surface area contributed by atoms with Gasteiger partial charge in [0, 0.05) is 24.5 Å². The van der Waals surface area contributed by atoms with Crippen LogP contribution < -0.4 is 4.72 Å². The number of nitrogens with one attached hydrogen (secondary N) is 1. The molecule has 0 aromatic carbocycles. The molecule has 0 fully saturated rings. The van der Waals surface area contributed by atoms with Gasteiger partial charge in [-0.2, -0.15) is 0 Å². The zero-order valence-corrected chi connectivity index (χ0v) is 11.6. The lowest BCUT2D eigenvalue weighted by atomic mass is 10.1. The Balaban J connectivity index is 1.72. The summed E-state index contributed by atoms with van der Waals surface area (Å²) in [6.07, 6.45) is 3.20. The van der Waals surface area contributed by atoms with Gasteiger partial charge in [-0.1, -0.05) is 0 Å². The second-order valence-corrected chi connectivity index (χ2v) is 7.25. The van der Waals surface area contributed by atoms with E-state index in [4.69, 9.17) is 0 Å². The van der Waals surface area contributed by atoms with Crippen molar-refractivity contribution in [2.75, 3.05) is 25.9 Å². The maximum absolute atomic E-state index is 10.9. The van der Waals surface area contributed by atoms with E-state index in [0.717, 1.165) is 32.5 Å². The summed E-state index contributed by atoms with van der Waals surface area (Å²) in [6.45, 7) is 3.59. The minimum absolute atomic E-state index is 0.534. The Hall–Kier alpha value is -0.430. The maximum atomic E-state index is 10.9. The molecule has 1 aliphatic rings. The van der Waals surface area contributed by atoms with Crippen molar-refractivity contribution < 1.29 is 8.42 Å². The molecule has 0 saturated carbocycles. The molecule has 0 atom stereocenters. The molecule has 1 N–H and O–H groups in total. The summed E-state index contributed by atoms with van der Waals surface area (Å²) in [5.74, 6) is 0. The van der Waals surface area contributed by atoms with Gasteiger partial charge in [0.1, 0.15) is 0 Å². The van der Waals surface area contributed by atoms with Crippen molar-refractivity contribution >= 4 is 21.4 Å². The van der Waals surface area contributed by atoms with Crippen LogP contribution in [-0.2, 0) is 23.0 Å². The van der Waals surface area contributed by atoms with Crippen LogP contribution in [-0.4, -0.2) is 39.2 Å². The number of thiophene rings is 1. The Bertz CT molecular complexity index is 468. The molecular formula is C11H18N2O2S2. The van der Waals surface area contributed by atoms with Crippen LogP contribution in [0.5, 0.6) is 0 Å². The van der Waals surface area contributed by atoms with E-state index in [9.17, 15) is 8.42 Å². The molecule has 1 aromatic rings. The molecule has 0 saturated heterocycles. The highest BCUT2D eigenvalue weighted by molar-refractivity contribution is 7.88. The number of nitrogens with zero attached hydrogens (tertiary/aromatic N) is 1. The van der Waals surface area contributed by atoms with Crippen molar-refractivity contribution in [2.24, 2.45) is 0 Å². The summed E-state index contributed by atoms with van der Waals surface area (Å²) in [5.41, 5.74) is 1.44. The van der Waals surface area contributed by atoms with E-state index >= 15 is 0 Å². The molecule has 0 unspecified atom stereocenters. The van der Waals surface area contributed by atoms with Crippen LogP contribution in [0, 0.1) is 0 Å². The molecule has 0 amide bonds. The van der Waals surface area contributed by atoms with E-state index < -0.39 is 10.0 Å². The minimum atomic E-state index is -3.03. The predicted molar refractivity (Wildman–Crippen MR) is 70.8 cm³/mol. The van der Waals surface area contributed by atoms with E-state index in [2.05, 4.69) is 21.1 Å². The Morgan fingerprint density at radius 1 is 1.53 bits per heavy atom. The third-order valence-electron chi connectivity index (χ3n) is 2.90. The molecule has 0 spiro atoms. The highest BCUT2D eigenvalue weighted by Gasteiger charge is 2.16. The lowest BCUT2D eigenvalue weighted by Crippen LogP contribution is -2.33. The molecule has 0 bridgehead atoms. The lowest BCUT2D eigenvalue weighted by Gasteiger charge is -2.26. The Morgan fingerprint density at radius 2 is 2.35 bits per heavy atom. The van der Waals surface area contributed by atoms with Gasteiger partial charge in [-0.25, -0.2) is 13.1 Å². The highest BCUT2D eigenvalue weighted by atomic mass is 32.2. The fraction of sp³-hybridized carbons (Fsp3) is 0.636. The average molecular weight is 274 g/mol. The molecule has 6 heteroatoms. The van der Waals surface area contributed by atoms with Crippen LogP contribution in [0.1, 0.15) is 16.9 Å². The molecule has 1 aromatic heterocycles. The largest absolute Gasteiger partial charge is 0.299 e. The van der Waals surface area contributed by atoms with Gasteiger partial charge in [0.05, 0.1) is 6.26 Å². The second-order valence-electron chi connectivity index (χ2n) is 4.42. The van der Waals surface area contributed by atoms with Gasteiger partial charge < -0.3 is 0 Å². The van der Waals surface area contributed by atoms with Gasteiger partial charge >= 0.3 is 0 Å². The summed E-state index contributed by atoms with van der Waals surface area (Å²) >= 11 is 1.84. The van der Waals surface area contributed by atoms with Crippen LogP contribution >= 0.6 is 11.3 Å². The van der Waals surface area contributed by atoms with Crippen molar-refractivity contribution in [1.82, 2.24) is 9.62 Å². The van der Waals surface area contributed by atoms with Crippen LogP contribution in [0.3, 0.4) is 0 Å². The van der Waals surface area contributed by atoms with Crippen molar-refractivity contribution in [2.45, 2.75) is 19.4 Å². The van der Waals surface area contributed by atoms with Crippen molar-refractivity contribution in [1.29, 1.82) is 0 Å². The highest BCUT2D eigenvalue weighted by Crippen LogP contribution is 2.23. The number of hydrogen-bond acceptors (Lipinski definition) is 4. The first-order valence-corrected chi connectivity index (χ1v) is 8.54. The summed E-state index contributed by atoms with van der Waals surface area (Å²) in [6, 6.07) is 2.20. The molecule has 0 aliphatic carbocycles. The second kappa shape index (κ2) is 5.48. The summed E-state index contributed by atoms with van der Waals surface area (Å²) in [7, 11) is -3.03. The summed E-state index contributed by atoms with van der Waals surface area (Å²) in [4.78, 5) is 3.90. The van der Waals surface area contributed by atoms with E-state index in [-0.39, 0.29) is 0 Å². The van der Waals surface area contributed by atoms with Crippen LogP contribution in [0.15, 0.2) is 11.4 Å². The Kier molecular flexibility index (Phi) is 4.19. The quantitative estimate of drug-likeness (QED) is 0.816. The van der Waals surface area contributed by atoms with Gasteiger partial charge in [-0.3, -0.25) is 4.90 Å². The predicted octanol–water partition coefficient (Wildman–Crippen LogP) is 1.05. The van der Waals surface area contributed by atoms with Gasteiger partial charge in [0.2, 0.25) is 10.0 Å². The van der Waals surface area contributed by atoms with Crippen LogP contribution in [0.25, 0.3) is 0 Å². The topological polar surface area (TPSA) is 49.4 Å². The standard InChI is InChI=1S/C11H18N2O2S2/c1-17(14,15)12-5-2-6-13-7-3-11-10(9-13)4-8-16-11/h4,8,12H,2-3,5-7,9H2,1H3. The smallest absolute Gasteiger partial charge is 0.208 e. The normalized spacial score (nSPS) is 17.0. The SMILES string of the molecule is CS(=O)(=O)NCCCN1CCc2sccc2C1. The number of sulfonamides is 1. The molecule has 2 heterocycles. The summed E-state index contributed by atoms with van der Waals surface area (Å²) < 4.78 is 24.3. The zero-order chi connectivity index (χ0) is 12.3. The monoisotopic (exact) mass is 274 g/mol. The van der Waals surface area contributed by atoms with E-state index in [0.29, 0.717) is 6.54 Å². The number of fused-ring (bicyclic) bond motifs is 1. The van der Waals surface area contributed by atoms with E-state index in [1.165, 1.54) is 16.7 Å². The van der Waals surface area contributed by atoms with Gasteiger partial charge in [-0.15, -0.1) is 11.3 Å². The van der Waals surface area contributed by atoms with Crippen LogP contribution in [0.4, 0.5) is 0 Å². The first kappa shape index (κ1) is 13.0. The van der Waals surface area contributed by atoms with Gasteiger partial charge in [-0.05, 0) is 36.4 Å². The number of hydrogen-bond donors (Lipinski definition) is 1. The number of rotatable bonds is 5. The molecule has 96 valence electrons. The molecule has 17 heavy (non-hydrogen) atoms. The average Bonchev–Trinajstić information content (AvgIpc) is 2.70. The zero-order valence-electron chi connectivity index (χ0n) is 9.98. The fourth-order valence-corrected chi connectivity index (χ4v) is 3.46. The molecule has 4 nitrogen and oxygen atoms in total. The third kappa shape index (κ3) is 4.06. The Morgan fingerprint density at radius 3 is 3.12 bits per heavy atom. The van der Waals surface area contributed by atoms with Gasteiger partial charge in [0.25, 0.3) is 0 Å². The maximum Gasteiger partial charge on any atom is 0.208 e. The fourth-order valence-electron chi connectivity index (χ4n) is 2.06. The molecule has 1 aliphatic heterocycles. The lowest BCUT2D eigenvalue weighted by molar-refractivity contribution is 0.253. The molecule has 2 rings (SSSR count). The minimum Gasteiger partial charge on any atom is -0.299 e. The van der Waals surface area contributed by atoms with E-state index in [1.807, 2.05) is 11.3 Å². The van der Waals surface area contributed by atoms with Crippen molar-refractivity contribution in [3.05, 3.63) is 21.9 Å². The Labute approximate surface area is 107 Å². The molecule has 0 radical (unpaired) electrons. The van der Waals surface area contributed by atoms with Crippen molar-refractivity contribution in [3.8, 4) is 0 Å². The third-order valence-corrected chi connectivity index (χ3v) is 4.65. The van der Waals surface area contributed by atoms with Crippen LogP contribution in [0.2, 0.25) is 0 Å². The van der Waals surface area contributed by atoms with E-state index in [1.54, 1.807) is 0 Å². The summed E-state index contributed by atoms with van der Waals surface area (Å²) in [5, 5.41) is 2.15.